The second kappa shape index (κ2) is 6.73. The maximum Gasteiger partial charge on any atom is 0.419 e. The molecule has 0 fully saturated rings. The van der Waals surface area contributed by atoms with E-state index in [4.69, 9.17) is 0 Å². The number of hydrogen-bond donors (Lipinski definition) is 4. The summed E-state index contributed by atoms with van der Waals surface area (Å²) in [7, 11) is 0. The molecule has 4 rings (SSSR count). The lowest BCUT2D eigenvalue weighted by Crippen LogP contribution is -2.55. The summed E-state index contributed by atoms with van der Waals surface area (Å²) < 4.78 is 56.2. The van der Waals surface area contributed by atoms with Crippen molar-refractivity contribution in [2.24, 2.45) is 0 Å². The van der Waals surface area contributed by atoms with E-state index in [0.717, 1.165) is 12.1 Å². The van der Waals surface area contributed by atoms with E-state index in [1.54, 1.807) is 0 Å². The lowest BCUT2D eigenvalue weighted by molar-refractivity contribution is -0.272. The summed E-state index contributed by atoms with van der Waals surface area (Å²) in [4.78, 5) is 13.9. The average Bonchev–Trinajstić information content (AvgIpc) is 2.66. The van der Waals surface area contributed by atoms with Crippen molar-refractivity contribution in [1.29, 1.82) is 0 Å². The number of rotatable bonds is 2. The highest BCUT2D eigenvalue weighted by molar-refractivity contribution is 5.91. The van der Waals surface area contributed by atoms with Crippen molar-refractivity contribution in [3.8, 4) is 5.75 Å². The lowest BCUT2D eigenvalue weighted by atomic mass is 9.70. The first-order valence-electron chi connectivity index (χ1n) is 9.22. The van der Waals surface area contributed by atoms with E-state index in [0.29, 0.717) is 5.56 Å². The van der Waals surface area contributed by atoms with Crippen LogP contribution in [0.5, 0.6) is 5.75 Å². The van der Waals surface area contributed by atoms with Crippen LogP contribution in [0.2, 0.25) is 0 Å². The Kier molecular flexibility index (Phi) is 4.54. The van der Waals surface area contributed by atoms with Crippen molar-refractivity contribution >= 4 is 16.6 Å². The van der Waals surface area contributed by atoms with Gasteiger partial charge in [0.15, 0.2) is 5.60 Å². The van der Waals surface area contributed by atoms with Crippen LogP contribution in [0.3, 0.4) is 0 Å². The molecule has 158 valence electrons. The fourth-order valence-electron chi connectivity index (χ4n) is 4.28. The van der Waals surface area contributed by atoms with Crippen molar-refractivity contribution in [3.05, 3.63) is 69.8 Å². The number of aromatic nitrogens is 1. The minimum absolute atomic E-state index is 0.0930. The van der Waals surface area contributed by atoms with Gasteiger partial charge in [0.25, 0.3) is 0 Å². The molecule has 0 saturated heterocycles. The molecule has 1 aliphatic rings. The van der Waals surface area contributed by atoms with Crippen LogP contribution in [0, 0.1) is 5.82 Å². The standard InChI is InChI=1S/C21H18F4N2O3/c1-10-9-20(30,21(23,24)25)19(12-3-2-4-15(28)17(10)12)26-14-7-6-13(22)18-11(14)5-8-16(29)27-18/h2-8,10,19,26,28,30H,9H2,1H3,(H,27,29)/t10-,19-,20-/m0/s1. The first-order valence-corrected chi connectivity index (χ1v) is 9.22. The largest absolute Gasteiger partial charge is 0.508 e. The monoisotopic (exact) mass is 422 g/mol. The zero-order valence-corrected chi connectivity index (χ0v) is 15.7. The summed E-state index contributed by atoms with van der Waals surface area (Å²) in [5.41, 5.74) is -3.37. The number of alkyl halides is 3. The third-order valence-electron chi connectivity index (χ3n) is 5.65. The van der Waals surface area contributed by atoms with Crippen molar-refractivity contribution in [3.63, 3.8) is 0 Å². The highest BCUT2D eigenvalue weighted by atomic mass is 19.4. The summed E-state index contributed by atoms with van der Waals surface area (Å²) in [5.74, 6) is -1.66. The predicted octanol–water partition coefficient (Wildman–Crippen LogP) is 4.33. The number of halogens is 4. The van der Waals surface area contributed by atoms with Gasteiger partial charge in [-0.05, 0) is 42.2 Å². The van der Waals surface area contributed by atoms with Gasteiger partial charge in [0.1, 0.15) is 11.6 Å². The molecule has 1 heterocycles. The van der Waals surface area contributed by atoms with Crippen LogP contribution in [-0.4, -0.2) is 27.0 Å². The molecule has 0 radical (unpaired) electrons. The molecule has 1 aromatic heterocycles. The molecular weight excluding hydrogens is 404 g/mol. The van der Waals surface area contributed by atoms with Crippen LogP contribution < -0.4 is 10.9 Å². The minimum Gasteiger partial charge on any atom is -0.508 e. The van der Waals surface area contributed by atoms with Gasteiger partial charge in [0.2, 0.25) is 5.56 Å². The zero-order chi connectivity index (χ0) is 21.8. The maximum atomic E-state index is 14.1. The van der Waals surface area contributed by atoms with Crippen LogP contribution in [0.4, 0.5) is 23.2 Å². The van der Waals surface area contributed by atoms with E-state index < -0.39 is 41.5 Å². The Morgan fingerprint density at radius 3 is 2.60 bits per heavy atom. The molecule has 30 heavy (non-hydrogen) atoms. The van der Waals surface area contributed by atoms with Crippen LogP contribution in [0.25, 0.3) is 10.9 Å². The molecule has 1 aliphatic carbocycles. The normalized spacial score (nSPS) is 23.9. The van der Waals surface area contributed by atoms with Gasteiger partial charge in [-0.25, -0.2) is 4.39 Å². The number of benzene rings is 2. The molecule has 0 aliphatic heterocycles. The molecular formula is C21H18F4N2O3. The number of hydrogen-bond acceptors (Lipinski definition) is 4. The molecule has 3 atom stereocenters. The zero-order valence-electron chi connectivity index (χ0n) is 15.7. The molecule has 9 heteroatoms. The lowest BCUT2D eigenvalue weighted by Gasteiger charge is -2.45. The number of aromatic hydroxyl groups is 1. The van der Waals surface area contributed by atoms with Gasteiger partial charge in [0, 0.05) is 22.7 Å². The Balaban J connectivity index is 1.93. The first-order chi connectivity index (χ1) is 14.0. The number of fused-ring (bicyclic) bond motifs is 2. The molecule has 0 bridgehead atoms. The molecule has 0 saturated carbocycles. The van der Waals surface area contributed by atoms with Crippen LogP contribution in [0.15, 0.2) is 47.3 Å². The number of H-pyrrole nitrogens is 1. The van der Waals surface area contributed by atoms with Gasteiger partial charge in [-0.1, -0.05) is 19.1 Å². The number of aliphatic hydroxyl groups is 1. The van der Waals surface area contributed by atoms with Crippen molar-refractivity contribution in [2.75, 3.05) is 5.32 Å². The number of pyridine rings is 1. The van der Waals surface area contributed by atoms with E-state index in [9.17, 15) is 32.6 Å². The molecule has 3 aromatic rings. The van der Waals surface area contributed by atoms with E-state index in [-0.39, 0.29) is 27.9 Å². The maximum absolute atomic E-state index is 14.1. The van der Waals surface area contributed by atoms with Crippen molar-refractivity contribution in [1.82, 2.24) is 4.98 Å². The van der Waals surface area contributed by atoms with Gasteiger partial charge in [-0.15, -0.1) is 0 Å². The van der Waals surface area contributed by atoms with E-state index in [1.165, 1.54) is 37.3 Å². The minimum atomic E-state index is -4.98. The number of phenolic OH excluding ortho intramolecular Hbond substituents is 1. The smallest absolute Gasteiger partial charge is 0.419 e. The quantitative estimate of drug-likeness (QED) is 0.463. The fourth-order valence-corrected chi connectivity index (χ4v) is 4.28. The predicted molar refractivity (Wildman–Crippen MR) is 103 cm³/mol. The number of anilines is 1. The molecule has 0 amide bonds. The highest BCUT2D eigenvalue weighted by Gasteiger charge is 2.62. The Morgan fingerprint density at radius 2 is 1.90 bits per heavy atom. The Labute approximate surface area is 168 Å². The Hall–Kier alpha value is -3.07. The van der Waals surface area contributed by atoms with Gasteiger partial charge < -0.3 is 20.5 Å². The molecule has 5 nitrogen and oxygen atoms in total. The number of nitrogens with one attached hydrogen (secondary N) is 2. The van der Waals surface area contributed by atoms with E-state index in [2.05, 4.69) is 10.3 Å². The van der Waals surface area contributed by atoms with Crippen LogP contribution in [0.1, 0.15) is 36.4 Å². The summed E-state index contributed by atoms with van der Waals surface area (Å²) in [6, 6.07) is 7.20. The fraction of sp³-hybridized carbons (Fsp3) is 0.286. The van der Waals surface area contributed by atoms with Crippen molar-refractivity contribution < 1.29 is 27.8 Å². The molecule has 4 N–H and O–H groups in total. The van der Waals surface area contributed by atoms with Gasteiger partial charge in [-0.3, -0.25) is 4.79 Å². The van der Waals surface area contributed by atoms with Crippen molar-refractivity contribution in [2.45, 2.75) is 37.1 Å². The third-order valence-corrected chi connectivity index (χ3v) is 5.65. The van der Waals surface area contributed by atoms with Gasteiger partial charge >= 0.3 is 6.18 Å². The topological polar surface area (TPSA) is 85.4 Å². The van der Waals surface area contributed by atoms with E-state index in [1.807, 2.05) is 0 Å². The average molecular weight is 422 g/mol. The van der Waals surface area contributed by atoms with Crippen LogP contribution in [-0.2, 0) is 0 Å². The number of phenols is 1. The summed E-state index contributed by atoms with van der Waals surface area (Å²) in [6.45, 7) is 1.50. The van der Waals surface area contributed by atoms with E-state index >= 15 is 0 Å². The summed E-state index contributed by atoms with van der Waals surface area (Å²) in [6.07, 6.45) is -5.65. The highest BCUT2D eigenvalue weighted by Crippen LogP contribution is 2.54. The van der Waals surface area contributed by atoms with Gasteiger partial charge in [-0.2, -0.15) is 13.2 Å². The van der Waals surface area contributed by atoms with Crippen LogP contribution >= 0.6 is 0 Å². The second-order valence-corrected chi connectivity index (χ2v) is 7.59. The second-order valence-electron chi connectivity index (χ2n) is 7.59. The first kappa shape index (κ1) is 20.2. The molecule has 0 spiro atoms. The molecule has 0 unspecified atom stereocenters. The van der Waals surface area contributed by atoms with Gasteiger partial charge in [0.05, 0.1) is 11.6 Å². The number of aromatic amines is 1. The SMILES string of the molecule is C[C@H]1C[C@@](O)(C(F)(F)F)[C@@H](Nc2ccc(F)c3[nH]c(=O)ccc23)c2cccc(O)c21. The Bertz CT molecular complexity index is 1190. The summed E-state index contributed by atoms with van der Waals surface area (Å²) in [5, 5.41) is 23.9. The Morgan fingerprint density at radius 1 is 1.17 bits per heavy atom. The molecule has 2 aromatic carbocycles. The summed E-state index contributed by atoms with van der Waals surface area (Å²) >= 11 is 0. The third kappa shape index (κ3) is 3.00.